The predicted octanol–water partition coefficient (Wildman–Crippen LogP) is 2.33. The summed E-state index contributed by atoms with van der Waals surface area (Å²) in [6.45, 7) is 5.90. The van der Waals surface area contributed by atoms with Crippen molar-refractivity contribution in [2.45, 2.75) is 39.3 Å². The summed E-state index contributed by atoms with van der Waals surface area (Å²) in [5.74, 6) is 0.712. The number of carbonyl (C=O) groups excluding carboxylic acids is 1. The van der Waals surface area contributed by atoms with E-state index in [0.717, 1.165) is 23.3 Å². The number of amides is 1. The molecule has 0 fully saturated rings. The molecule has 3 N–H and O–H groups in total. The molecule has 0 saturated carbocycles. The maximum absolute atomic E-state index is 11.9. The molecule has 0 aromatic heterocycles. The molecule has 0 unspecified atom stereocenters. The van der Waals surface area contributed by atoms with Crippen LogP contribution in [0.2, 0.25) is 0 Å². The van der Waals surface area contributed by atoms with Crippen molar-refractivity contribution < 1.29 is 9.53 Å². The first-order valence-electron chi connectivity index (χ1n) is 7.58. The SMILES string of the molecule is CC[C@@H](C)[C@@H](N)C(=O)N/N=C\C1=Cc2ccccc2O[C@H]1C. The minimum absolute atomic E-state index is 0.112. The lowest BCUT2D eigenvalue weighted by molar-refractivity contribution is -0.123. The second-order valence-corrected chi connectivity index (χ2v) is 5.59. The van der Waals surface area contributed by atoms with Gasteiger partial charge in [0.2, 0.25) is 0 Å². The molecule has 1 aliphatic heterocycles. The number of hydrazone groups is 1. The molecular weight excluding hydrogens is 278 g/mol. The van der Waals surface area contributed by atoms with Crippen molar-refractivity contribution in [1.29, 1.82) is 0 Å². The topological polar surface area (TPSA) is 76.7 Å². The number of ether oxygens (including phenoxy) is 1. The Hall–Kier alpha value is -2.14. The minimum atomic E-state index is -0.545. The Labute approximate surface area is 131 Å². The quantitative estimate of drug-likeness (QED) is 0.647. The van der Waals surface area contributed by atoms with Gasteiger partial charge in [-0.1, -0.05) is 38.5 Å². The van der Waals surface area contributed by atoms with Crippen LogP contribution in [0.25, 0.3) is 6.08 Å². The maximum Gasteiger partial charge on any atom is 0.257 e. The van der Waals surface area contributed by atoms with Gasteiger partial charge in [0.25, 0.3) is 5.91 Å². The number of nitrogens with two attached hydrogens (primary N) is 1. The molecule has 1 aromatic carbocycles. The van der Waals surface area contributed by atoms with Gasteiger partial charge in [0.15, 0.2) is 0 Å². The van der Waals surface area contributed by atoms with Crippen LogP contribution in [-0.4, -0.2) is 24.3 Å². The highest BCUT2D eigenvalue weighted by molar-refractivity contribution is 5.90. The lowest BCUT2D eigenvalue weighted by Crippen LogP contribution is -2.42. The van der Waals surface area contributed by atoms with E-state index in [2.05, 4.69) is 10.5 Å². The van der Waals surface area contributed by atoms with Crippen molar-refractivity contribution in [2.75, 3.05) is 0 Å². The lowest BCUT2D eigenvalue weighted by atomic mass is 10.00. The molecule has 1 aliphatic rings. The third-order valence-electron chi connectivity index (χ3n) is 3.96. The van der Waals surface area contributed by atoms with Gasteiger partial charge in [0.1, 0.15) is 11.9 Å². The van der Waals surface area contributed by atoms with Gasteiger partial charge in [-0.15, -0.1) is 0 Å². The van der Waals surface area contributed by atoms with Gasteiger partial charge < -0.3 is 10.5 Å². The van der Waals surface area contributed by atoms with Gasteiger partial charge in [-0.2, -0.15) is 5.10 Å². The van der Waals surface area contributed by atoms with E-state index >= 15 is 0 Å². The predicted molar refractivity (Wildman–Crippen MR) is 88.6 cm³/mol. The number of nitrogens with zero attached hydrogens (tertiary/aromatic N) is 1. The fraction of sp³-hybridized carbons (Fsp3) is 0.412. The van der Waals surface area contributed by atoms with Crippen LogP contribution in [0.3, 0.4) is 0 Å². The molecule has 0 aliphatic carbocycles. The van der Waals surface area contributed by atoms with Crippen molar-refractivity contribution in [3.8, 4) is 5.75 Å². The van der Waals surface area contributed by atoms with Crippen LogP contribution in [0.4, 0.5) is 0 Å². The summed E-state index contributed by atoms with van der Waals surface area (Å²) < 4.78 is 5.81. The average molecular weight is 301 g/mol. The zero-order valence-electron chi connectivity index (χ0n) is 13.2. The minimum Gasteiger partial charge on any atom is -0.485 e. The van der Waals surface area contributed by atoms with Gasteiger partial charge in [-0.25, -0.2) is 5.43 Å². The van der Waals surface area contributed by atoms with Crippen LogP contribution in [0.5, 0.6) is 5.75 Å². The zero-order valence-corrected chi connectivity index (χ0v) is 13.2. The molecule has 0 saturated heterocycles. The highest BCUT2D eigenvalue weighted by atomic mass is 16.5. The molecule has 22 heavy (non-hydrogen) atoms. The van der Waals surface area contributed by atoms with Crippen LogP contribution in [0, 0.1) is 5.92 Å². The van der Waals surface area contributed by atoms with Crippen LogP contribution >= 0.6 is 0 Å². The molecule has 5 nitrogen and oxygen atoms in total. The maximum atomic E-state index is 11.9. The first kappa shape index (κ1) is 16.2. The number of nitrogens with one attached hydrogen (secondary N) is 1. The highest BCUT2D eigenvalue weighted by Gasteiger charge is 2.19. The fourth-order valence-corrected chi connectivity index (χ4v) is 2.16. The summed E-state index contributed by atoms with van der Waals surface area (Å²) >= 11 is 0. The van der Waals surface area contributed by atoms with Crippen LogP contribution in [0.15, 0.2) is 34.9 Å². The third-order valence-corrected chi connectivity index (χ3v) is 3.96. The molecule has 3 atom stereocenters. The van der Waals surface area contributed by atoms with E-state index in [1.165, 1.54) is 0 Å². The number of carbonyl (C=O) groups is 1. The van der Waals surface area contributed by atoms with E-state index < -0.39 is 6.04 Å². The van der Waals surface area contributed by atoms with E-state index in [1.807, 2.05) is 51.1 Å². The van der Waals surface area contributed by atoms with Crippen molar-refractivity contribution in [1.82, 2.24) is 5.43 Å². The largest absolute Gasteiger partial charge is 0.485 e. The molecule has 1 aromatic rings. The van der Waals surface area contributed by atoms with Crippen molar-refractivity contribution in [3.05, 3.63) is 35.4 Å². The van der Waals surface area contributed by atoms with Crippen LogP contribution in [0.1, 0.15) is 32.8 Å². The molecular formula is C17H23N3O2. The lowest BCUT2D eigenvalue weighted by Gasteiger charge is -2.22. The summed E-state index contributed by atoms with van der Waals surface area (Å²) in [5.41, 5.74) is 10.3. The Morgan fingerprint density at radius 2 is 2.23 bits per heavy atom. The number of fused-ring (bicyclic) bond motifs is 1. The van der Waals surface area contributed by atoms with Crippen LogP contribution < -0.4 is 15.9 Å². The molecule has 1 amide bonds. The monoisotopic (exact) mass is 301 g/mol. The smallest absolute Gasteiger partial charge is 0.257 e. The summed E-state index contributed by atoms with van der Waals surface area (Å²) in [6, 6.07) is 7.26. The summed E-state index contributed by atoms with van der Waals surface area (Å²) in [4.78, 5) is 11.9. The van der Waals surface area contributed by atoms with Crippen LogP contribution in [-0.2, 0) is 4.79 Å². The molecule has 0 spiro atoms. The van der Waals surface area contributed by atoms with Gasteiger partial charge in [-0.05, 0) is 25.0 Å². The van der Waals surface area contributed by atoms with Gasteiger partial charge in [0.05, 0.1) is 12.3 Å². The third kappa shape index (κ3) is 3.74. The second kappa shape index (κ2) is 7.22. The van der Waals surface area contributed by atoms with Crippen molar-refractivity contribution in [3.63, 3.8) is 0 Å². The number of para-hydroxylation sites is 1. The van der Waals surface area contributed by atoms with Gasteiger partial charge in [0, 0.05) is 11.1 Å². The van der Waals surface area contributed by atoms with E-state index in [4.69, 9.17) is 10.5 Å². The van der Waals surface area contributed by atoms with Crippen molar-refractivity contribution >= 4 is 18.2 Å². The summed E-state index contributed by atoms with van der Waals surface area (Å²) in [5, 5.41) is 4.00. The molecule has 0 radical (unpaired) electrons. The van der Waals surface area contributed by atoms with Gasteiger partial charge in [-0.3, -0.25) is 4.79 Å². The van der Waals surface area contributed by atoms with E-state index in [-0.39, 0.29) is 17.9 Å². The standard InChI is InChI=1S/C17H23N3O2/c1-4-11(2)16(18)17(21)20-19-10-14-9-13-7-5-6-8-15(13)22-12(14)3/h5-12,16H,4,18H2,1-3H3,(H,20,21)/b19-10-/t11-,12+,16-/m1/s1. The Morgan fingerprint density at radius 1 is 1.50 bits per heavy atom. The Morgan fingerprint density at radius 3 is 2.95 bits per heavy atom. The molecule has 0 bridgehead atoms. The van der Waals surface area contributed by atoms with Crippen molar-refractivity contribution in [2.24, 2.45) is 16.8 Å². The Kier molecular flexibility index (Phi) is 5.33. The van der Waals surface area contributed by atoms with E-state index in [9.17, 15) is 4.79 Å². The Bertz CT molecular complexity index is 595. The van der Waals surface area contributed by atoms with E-state index in [0.29, 0.717) is 0 Å². The highest BCUT2D eigenvalue weighted by Crippen LogP contribution is 2.28. The second-order valence-electron chi connectivity index (χ2n) is 5.59. The first-order valence-corrected chi connectivity index (χ1v) is 7.58. The summed E-state index contributed by atoms with van der Waals surface area (Å²) in [7, 11) is 0. The Balaban J connectivity index is 2.01. The van der Waals surface area contributed by atoms with Gasteiger partial charge >= 0.3 is 0 Å². The number of hydrogen-bond donors (Lipinski definition) is 2. The number of rotatable bonds is 5. The fourth-order valence-electron chi connectivity index (χ4n) is 2.16. The molecule has 5 heteroatoms. The zero-order chi connectivity index (χ0) is 16.1. The first-order chi connectivity index (χ1) is 10.5. The normalized spacial score (nSPS) is 19.8. The average Bonchev–Trinajstić information content (AvgIpc) is 2.53. The number of hydrogen-bond acceptors (Lipinski definition) is 4. The molecule has 2 rings (SSSR count). The molecule has 118 valence electrons. The number of benzene rings is 1. The summed E-state index contributed by atoms with van der Waals surface area (Å²) in [6.07, 6.45) is 4.36. The molecule has 1 heterocycles. The van der Waals surface area contributed by atoms with E-state index in [1.54, 1.807) is 6.21 Å².